The Hall–Kier alpha value is -10.1. The van der Waals surface area contributed by atoms with Crippen LogP contribution in [0.3, 0.4) is 0 Å². The van der Waals surface area contributed by atoms with Gasteiger partial charge >= 0.3 is 0 Å². The Bertz CT molecular complexity index is 5500. The molecular formula is C91H80N2O2S. The van der Waals surface area contributed by atoms with Gasteiger partial charge in [0.05, 0.1) is 33.6 Å². The van der Waals surface area contributed by atoms with Crippen LogP contribution in [0.4, 0.5) is 34.1 Å². The van der Waals surface area contributed by atoms with Crippen LogP contribution in [-0.4, -0.2) is 0 Å². The molecule has 472 valence electrons. The first-order chi connectivity index (χ1) is 46.1. The first-order valence-corrected chi connectivity index (χ1v) is 34.7. The predicted octanol–water partition coefficient (Wildman–Crippen LogP) is 26.4. The van der Waals surface area contributed by atoms with Gasteiger partial charge in [0, 0.05) is 59.2 Å². The summed E-state index contributed by atoms with van der Waals surface area (Å²) < 4.78 is 15.4. The molecule has 0 aliphatic heterocycles. The molecule has 15 aromatic rings. The summed E-state index contributed by atoms with van der Waals surface area (Å²) in [7, 11) is 0. The number of fused-ring (bicyclic) bond motifs is 13. The quantitative estimate of drug-likeness (QED) is 0.136. The number of furan rings is 2. The van der Waals surface area contributed by atoms with Crippen molar-refractivity contribution in [2.45, 2.75) is 120 Å². The average molecular weight is 1270 g/mol. The molecule has 0 amide bonds. The zero-order valence-electron chi connectivity index (χ0n) is 57.0. The summed E-state index contributed by atoms with van der Waals surface area (Å²) >= 11 is 1.81. The number of hydrogen-bond donors (Lipinski definition) is 0. The van der Waals surface area contributed by atoms with E-state index in [4.69, 9.17) is 8.83 Å². The summed E-state index contributed by atoms with van der Waals surface area (Å²) in [5.74, 6) is 0. The standard InChI is InChI=1S/C91H80N2O2S/c1-87(2,3)59-35-37-63(38-36-59)91(64-45-53-68(54-46-64)96-67-51-43-62(44-52-67)90(10,11)12)73-56-78(93(66-49-41-61(42-50-66)89(7,8)9)76-32-22-26-58-24-14-16-28-70(58)76)85-82(72-30-18-20-34-80(72)94-85)83(73)84-74(91)55-77(81-71-29-17-19-33-79(71)95-86(81)84)92(65-47-39-60(40-48-65)88(4,5)6)75-31-21-25-57-23-13-15-27-69(57)75/h13-56H,1-12H3. The molecule has 1 aliphatic rings. The van der Waals surface area contributed by atoms with Crippen LogP contribution in [0.2, 0.25) is 0 Å². The van der Waals surface area contributed by atoms with Crippen molar-refractivity contribution in [1.82, 2.24) is 0 Å². The van der Waals surface area contributed by atoms with Crippen LogP contribution in [0.1, 0.15) is 128 Å². The summed E-state index contributed by atoms with van der Waals surface area (Å²) in [6.07, 6.45) is 0. The van der Waals surface area contributed by atoms with Crippen molar-refractivity contribution in [3.63, 3.8) is 0 Å². The van der Waals surface area contributed by atoms with Gasteiger partial charge in [-0.05, 0) is 162 Å². The highest BCUT2D eigenvalue weighted by Crippen LogP contribution is 2.65. The number of benzene rings is 13. The second kappa shape index (κ2) is 22.5. The van der Waals surface area contributed by atoms with Crippen LogP contribution in [0.5, 0.6) is 0 Å². The fourth-order valence-electron chi connectivity index (χ4n) is 15.1. The third-order valence-electron chi connectivity index (χ3n) is 20.2. The van der Waals surface area contributed by atoms with E-state index in [0.717, 1.165) is 138 Å². The van der Waals surface area contributed by atoms with Crippen LogP contribution in [0.15, 0.2) is 286 Å². The molecule has 96 heavy (non-hydrogen) atoms. The minimum Gasteiger partial charge on any atom is -0.455 e. The average Bonchev–Trinajstić information content (AvgIpc) is 1.50. The summed E-state index contributed by atoms with van der Waals surface area (Å²) in [5.41, 5.74) is 20.0. The lowest BCUT2D eigenvalue weighted by Crippen LogP contribution is -2.29. The van der Waals surface area contributed by atoms with Crippen molar-refractivity contribution in [1.29, 1.82) is 0 Å². The fraction of sp³-hybridized carbons (Fsp3) is 0.187. The zero-order chi connectivity index (χ0) is 66.2. The minimum absolute atomic E-state index is 0.0473. The molecule has 2 aromatic heterocycles. The Kier molecular flexibility index (Phi) is 14.3. The van der Waals surface area contributed by atoms with Crippen LogP contribution < -0.4 is 9.80 Å². The molecule has 13 aromatic carbocycles. The molecule has 5 heteroatoms. The van der Waals surface area contributed by atoms with Gasteiger partial charge in [0.15, 0.2) is 5.58 Å². The summed E-state index contributed by atoms with van der Waals surface area (Å²) in [6.45, 7) is 27.5. The van der Waals surface area contributed by atoms with E-state index < -0.39 is 5.41 Å². The van der Waals surface area contributed by atoms with Gasteiger partial charge in [-0.2, -0.15) is 0 Å². The second-order valence-corrected chi connectivity index (χ2v) is 31.6. The van der Waals surface area contributed by atoms with Gasteiger partial charge < -0.3 is 18.6 Å². The fourth-order valence-corrected chi connectivity index (χ4v) is 16.0. The number of para-hydroxylation sites is 2. The van der Waals surface area contributed by atoms with Crippen molar-refractivity contribution in [3.05, 3.63) is 311 Å². The first kappa shape index (κ1) is 60.8. The zero-order valence-corrected chi connectivity index (χ0v) is 57.8. The van der Waals surface area contributed by atoms with E-state index in [9.17, 15) is 0 Å². The topological polar surface area (TPSA) is 32.8 Å². The third-order valence-corrected chi connectivity index (χ3v) is 21.2. The Balaban J connectivity index is 1.09. The maximum atomic E-state index is 7.78. The maximum Gasteiger partial charge on any atom is 0.160 e. The monoisotopic (exact) mass is 1260 g/mol. The molecule has 0 radical (unpaired) electrons. The minimum atomic E-state index is -1.01. The molecule has 4 nitrogen and oxygen atoms in total. The molecule has 1 aliphatic carbocycles. The van der Waals surface area contributed by atoms with E-state index in [1.807, 2.05) is 0 Å². The highest BCUT2D eigenvalue weighted by molar-refractivity contribution is 7.99. The first-order valence-electron chi connectivity index (χ1n) is 33.9. The van der Waals surface area contributed by atoms with Gasteiger partial charge in [-0.1, -0.05) is 277 Å². The van der Waals surface area contributed by atoms with E-state index >= 15 is 0 Å². The van der Waals surface area contributed by atoms with Crippen LogP contribution >= 0.6 is 11.8 Å². The lowest BCUT2D eigenvalue weighted by atomic mass is 9.67. The van der Waals surface area contributed by atoms with Crippen molar-refractivity contribution in [2.24, 2.45) is 0 Å². The van der Waals surface area contributed by atoms with Gasteiger partial charge in [0.1, 0.15) is 16.7 Å². The molecule has 1 atom stereocenters. The smallest absolute Gasteiger partial charge is 0.160 e. The summed E-state index contributed by atoms with van der Waals surface area (Å²) in [5, 5.41) is 8.74. The molecule has 1 unspecified atom stereocenters. The molecule has 0 saturated carbocycles. The number of hydrogen-bond acceptors (Lipinski definition) is 5. The summed E-state index contributed by atoms with van der Waals surface area (Å²) in [6, 6.07) is 100. The van der Waals surface area contributed by atoms with Crippen molar-refractivity contribution >= 4 is 111 Å². The van der Waals surface area contributed by atoms with Crippen LogP contribution in [-0.2, 0) is 27.1 Å². The van der Waals surface area contributed by atoms with E-state index in [-0.39, 0.29) is 21.7 Å². The Labute approximate surface area is 568 Å². The van der Waals surface area contributed by atoms with Crippen molar-refractivity contribution in [2.75, 3.05) is 9.80 Å². The van der Waals surface area contributed by atoms with Crippen molar-refractivity contribution in [3.8, 4) is 11.1 Å². The van der Waals surface area contributed by atoms with Gasteiger partial charge in [0.25, 0.3) is 0 Å². The molecular weight excluding hydrogens is 1190 g/mol. The highest BCUT2D eigenvalue weighted by atomic mass is 32.2. The second-order valence-electron chi connectivity index (χ2n) is 30.5. The van der Waals surface area contributed by atoms with E-state index in [1.165, 1.54) is 27.1 Å². The van der Waals surface area contributed by atoms with Crippen LogP contribution in [0.25, 0.3) is 76.5 Å². The molecule has 0 bridgehead atoms. The lowest BCUT2D eigenvalue weighted by Gasteiger charge is -2.36. The highest BCUT2D eigenvalue weighted by Gasteiger charge is 2.51. The van der Waals surface area contributed by atoms with Gasteiger partial charge in [-0.3, -0.25) is 0 Å². The van der Waals surface area contributed by atoms with Gasteiger partial charge in [-0.25, -0.2) is 0 Å². The largest absolute Gasteiger partial charge is 0.455 e. The van der Waals surface area contributed by atoms with E-state index in [1.54, 1.807) is 11.8 Å². The number of anilines is 6. The third kappa shape index (κ3) is 10.0. The maximum absolute atomic E-state index is 7.78. The van der Waals surface area contributed by atoms with Gasteiger partial charge in [0.2, 0.25) is 0 Å². The number of nitrogens with zero attached hydrogens (tertiary/aromatic N) is 2. The summed E-state index contributed by atoms with van der Waals surface area (Å²) in [4.78, 5) is 7.36. The molecule has 0 spiro atoms. The molecule has 16 rings (SSSR count). The van der Waals surface area contributed by atoms with Gasteiger partial charge in [-0.15, -0.1) is 0 Å². The Morgan fingerprint density at radius 3 is 1.14 bits per heavy atom. The van der Waals surface area contributed by atoms with E-state index in [0.29, 0.717) is 0 Å². The van der Waals surface area contributed by atoms with Crippen LogP contribution in [0, 0.1) is 0 Å². The van der Waals surface area contributed by atoms with E-state index in [2.05, 4.69) is 360 Å². The SMILES string of the molecule is CC(C)(C)c1ccc(Sc2ccc(C3(c4ccc(C(C)(C)C)cc4)c4cc(N(c5ccc(C(C)(C)C)cc5)c5cccc6ccccc56)c5c(oc6ccccc65)c4-c4c3cc(N(c3ccc(C(C)(C)C)cc3)c3cccc5ccccc35)c3oc5ccccc5c43)cc2)cc1. The Morgan fingerprint density at radius 1 is 0.302 bits per heavy atom. The van der Waals surface area contributed by atoms with Crippen molar-refractivity contribution < 1.29 is 8.83 Å². The predicted molar refractivity (Wildman–Crippen MR) is 408 cm³/mol. The molecule has 2 heterocycles. The Morgan fingerprint density at radius 2 is 0.656 bits per heavy atom. The number of rotatable bonds is 10. The molecule has 0 N–H and O–H groups in total. The molecule has 0 fully saturated rings. The lowest BCUT2D eigenvalue weighted by molar-refractivity contribution is 0.589. The molecule has 0 saturated heterocycles. The normalized spacial score (nSPS) is 14.3.